The Morgan fingerprint density at radius 2 is 2.11 bits per heavy atom. The van der Waals surface area contributed by atoms with Gasteiger partial charge in [-0.1, -0.05) is 11.6 Å². The van der Waals surface area contributed by atoms with Crippen molar-refractivity contribution < 1.29 is 14.6 Å². The largest absolute Gasteiger partial charge is 0.492 e. The van der Waals surface area contributed by atoms with E-state index in [4.69, 9.17) is 9.47 Å². The number of rotatable bonds is 5. The van der Waals surface area contributed by atoms with Gasteiger partial charge in [0.25, 0.3) is 0 Å². The van der Waals surface area contributed by atoms with Crippen molar-refractivity contribution in [2.75, 3.05) is 39.5 Å². The molecule has 1 aliphatic heterocycles. The van der Waals surface area contributed by atoms with Crippen molar-refractivity contribution in [3.63, 3.8) is 0 Å². The quantitative estimate of drug-likeness (QED) is 0.881. The van der Waals surface area contributed by atoms with Crippen LogP contribution in [0.15, 0.2) is 18.2 Å². The summed E-state index contributed by atoms with van der Waals surface area (Å²) in [6.07, 6.45) is -0.502. The number of nitrogens with zero attached hydrogens (tertiary/aromatic N) is 1. The van der Waals surface area contributed by atoms with Crippen molar-refractivity contribution in [1.29, 1.82) is 0 Å². The molecule has 4 nitrogen and oxygen atoms in total. The second kappa shape index (κ2) is 6.89. The number of aliphatic hydroxyl groups excluding tert-OH is 1. The number of aryl methyl sites for hydroxylation is 1. The normalized spacial score (nSPS) is 18.3. The van der Waals surface area contributed by atoms with Crippen LogP contribution in [0.2, 0.25) is 0 Å². The zero-order chi connectivity index (χ0) is 13.7. The summed E-state index contributed by atoms with van der Waals surface area (Å²) in [7, 11) is 0. The minimum Gasteiger partial charge on any atom is -0.492 e. The number of hydrogen-bond donors (Lipinski definition) is 1. The number of aliphatic hydroxyl groups is 1. The summed E-state index contributed by atoms with van der Waals surface area (Å²) in [5.41, 5.74) is 2.00. The second-order valence-corrected chi connectivity index (χ2v) is 5.02. The topological polar surface area (TPSA) is 41.9 Å². The van der Waals surface area contributed by atoms with Gasteiger partial charge in [0.15, 0.2) is 0 Å². The Kier molecular flexibility index (Phi) is 5.19. The van der Waals surface area contributed by atoms with Gasteiger partial charge in [0.2, 0.25) is 0 Å². The van der Waals surface area contributed by atoms with Crippen LogP contribution in [-0.2, 0) is 4.74 Å². The lowest BCUT2D eigenvalue weighted by Crippen LogP contribution is -2.38. The lowest BCUT2D eigenvalue weighted by Gasteiger charge is -2.26. The number of ether oxygens (including phenoxy) is 2. The molecule has 4 heteroatoms. The summed E-state index contributed by atoms with van der Waals surface area (Å²) in [5.74, 6) is 0.786. The molecule has 1 N–H and O–H groups in total. The first-order chi connectivity index (χ1) is 9.16. The monoisotopic (exact) mass is 265 g/mol. The van der Waals surface area contributed by atoms with Crippen LogP contribution in [0.25, 0.3) is 0 Å². The fraction of sp³-hybridized carbons (Fsp3) is 0.600. The fourth-order valence-corrected chi connectivity index (χ4v) is 2.24. The molecule has 0 aliphatic carbocycles. The van der Waals surface area contributed by atoms with Crippen molar-refractivity contribution in [2.24, 2.45) is 0 Å². The minimum absolute atomic E-state index is 0.502. The van der Waals surface area contributed by atoms with Gasteiger partial charge in [0.05, 0.1) is 19.3 Å². The molecule has 1 aliphatic rings. The molecule has 0 bridgehead atoms. The zero-order valence-electron chi connectivity index (χ0n) is 11.8. The van der Waals surface area contributed by atoms with E-state index < -0.39 is 6.10 Å². The van der Waals surface area contributed by atoms with Crippen LogP contribution in [0.4, 0.5) is 0 Å². The van der Waals surface area contributed by atoms with E-state index >= 15 is 0 Å². The van der Waals surface area contributed by atoms with Gasteiger partial charge < -0.3 is 14.6 Å². The van der Waals surface area contributed by atoms with Gasteiger partial charge in [0, 0.05) is 25.2 Å². The molecule has 1 atom stereocenters. The molecule has 19 heavy (non-hydrogen) atoms. The van der Waals surface area contributed by atoms with Gasteiger partial charge in [-0.25, -0.2) is 0 Å². The maximum atomic E-state index is 9.77. The molecular formula is C15H23NO3. The maximum absolute atomic E-state index is 9.77. The third-order valence-electron chi connectivity index (χ3n) is 3.38. The minimum atomic E-state index is -0.502. The highest BCUT2D eigenvalue weighted by Crippen LogP contribution is 2.26. The summed E-state index contributed by atoms with van der Waals surface area (Å²) in [5, 5.41) is 9.77. The van der Waals surface area contributed by atoms with E-state index in [-0.39, 0.29) is 0 Å². The number of morpholine rings is 1. The van der Waals surface area contributed by atoms with Crippen molar-refractivity contribution in [1.82, 2.24) is 4.90 Å². The summed E-state index contributed by atoms with van der Waals surface area (Å²) < 4.78 is 11.1. The Bertz CT molecular complexity index is 400. The van der Waals surface area contributed by atoms with Gasteiger partial charge in [-0.2, -0.15) is 0 Å². The van der Waals surface area contributed by atoms with E-state index in [1.54, 1.807) is 6.92 Å². The van der Waals surface area contributed by atoms with Crippen molar-refractivity contribution >= 4 is 0 Å². The first kappa shape index (κ1) is 14.3. The third-order valence-corrected chi connectivity index (χ3v) is 3.38. The third kappa shape index (κ3) is 4.20. The number of hydrogen-bond acceptors (Lipinski definition) is 4. The lowest BCUT2D eigenvalue weighted by molar-refractivity contribution is 0.0320. The predicted molar refractivity (Wildman–Crippen MR) is 74.6 cm³/mol. The molecule has 0 aromatic heterocycles. The smallest absolute Gasteiger partial charge is 0.125 e. The summed E-state index contributed by atoms with van der Waals surface area (Å²) >= 11 is 0. The van der Waals surface area contributed by atoms with E-state index in [9.17, 15) is 5.11 Å². The lowest BCUT2D eigenvalue weighted by atomic mass is 10.1. The molecule has 1 saturated heterocycles. The van der Waals surface area contributed by atoms with Crippen LogP contribution in [-0.4, -0.2) is 49.5 Å². The van der Waals surface area contributed by atoms with Crippen LogP contribution >= 0.6 is 0 Å². The van der Waals surface area contributed by atoms with Crippen LogP contribution in [0.5, 0.6) is 5.75 Å². The molecule has 1 aromatic carbocycles. The van der Waals surface area contributed by atoms with Gasteiger partial charge in [-0.05, 0) is 26.0 Å². The highest BCUT2D eigenvalue weighted by atomic mass is 16.5. The van der Waals surface area contributed by atoms with E-state index in [0.29, 0.717) is 6.61 Å². The Balaban J connectivity index is 1.88. The Morgan fingerprint density at radius 3 is 2.79 bits per heavy atom. The number of benzene rings is 1. The van der Waals surface area contributed by atoms with Crippen molar-refractivity contribution in [3.8, 4) is 5.75 Å². The van der Waals surface area contributed by atoms with Crippen molar-refractivity contribution in [2.45, 2.75) is 20.0 Å². The van der Waals surface area contributed by atoms with Crippen LogP contribution in [0.1, 0.15) is 24.2 Å². The SMILES string of the molecule is Cc1ccc(OCCN2CCOCC2)c([C@@H](C)O)c1. The van der Waals surface area contributed by atoms with Crippen molar-refractivity contribution in [3.05, 3.63) is 29.3 Å². The van der Waals surface area contributed by atoms with E-state index in [2.05, 4.69) is 4.90 Å². The second-order valence-electron chi connectivity index (χ2n) is 5.02. The van der Waals surface area contributed by atoms with Gasteiger partial charge >= 0.3 is 0 Å². The first-order valence-electron chi connectivity index (χ1n) is 6.88. The highest BCUT2D eigenvalue weighted by molar-refractivity contribution is 5.38. The van der Waals surface area contributed by atoms with Gasteiger partial charge in [-0.15, -0.1) is 0 Å². The Labute approximate surface area is 114 Å². The molecule has 1 aromatic rings. The summed E-state index contributed by atoms with van der Waals surface area (Å²) in [6.45, 7) is 8.89. The molecule has 106 valence electrons. The molecule has 0 spiro atoms. The molecule has 0 radical (unpaired) electrons. The van der Waals surface area contributed by atoms with Gasteiger partial charge in [-0.3, -0.25) is 4.90 Å². The van der Waals surface area contributed by atoms with E-state index in [1.807, 2.05) is 25.1 Å². The molecule has 0 amide bonds. The molecule has 1 heterocycles. The highest BCUT2D eigenvalue weighted by Gasteiger charge is 2.12. The molecular weight excluding hydrogens is 242 g/mol. The Morgan fingerprint density at radius 1 is 1.37 bits per heavy atom. The average molecular weight is 265 g/mol. The molecule has 0 unspecified atom stereocenters. The average Bonchev–Trinajstić information content (AvgIpc) is 2.41. The fourth-order valence-electron chi connectivity index (χ4n) is 2.24. The summed E-state index contributed by atoms with van der Waals surface area (Å²) in [6, 6.07) is 5.93. The molecule has 2 rings (SSSR count). The van der Waals surface area contributed by atoms with Crippen LogP contribution in [0.3, 0.4) is 0 Å². The maximum Gasteiger partial charge on any atom is 0.125 e. The van der Waals surface area contributed by atoms with E-state index in [0.717, 1.165) is 49.7 Å². The van der Waals surface area contributed by atoms with Gasteiger partial charge in [0.1, 0.15) is 12.4 Å². The molecule has 0 saturated carbocycles. The summed E-state index contributed by atoms with van der Waals surface area (Å²) in [4.78, 5) is 2.33. The molecule has 1 fully saturated rings. The standard InChI is InChI=1S/C15H23NO3/c1-12-3-4-15(14(11-12)13(2)17)19-10-7-16-5-8-18-9-6-16/h3-4,11,13,17H,5-10H2,1-2H3/t13-/m1/s1. The van der Waals surface area contributed by atoms with Crippen LogP contribution in [0, 0.1) is 6.92 Å². The Hall–Kier alpha value is -1.10. The van der Waals surface area contributed by atoms with E-state index in [1.165, 1.54) is 0 Å². The predicted octanol–water partition coefficient (Wildman–Crippen LogP) is 1.76. The van der Waals surface area contributed by atoms with Crippen LogP contribution < -0.4 is 4.74 Å². The first-order valence-corrected chi connectivity index (χ1v) is 6.88. The zero-order valence-corrected chi connectivity index (χ0v) is 11.8.